The van der Waals surface area contributed by atoms with Crippen molar-refractivity contribution in [2.75, 3.05) is 9.74 Å². The summed E-state index contributed by atoms with van der Waals surface area (Å²) in [5.41, 5.74) is -0.601. The highest BCUT2D eigenvalue weighted by molar-refractivity contribution is 14.1. The Bertz CT molecular complexity index is 1240. The minimum Gasteiger partial charge on any atom is -0.449 e. The number of carbonyl (C=O) groups excluding carboxylic acids is 2. The highest BCUT2D eigenvalue weighted by Crippen LogP contribution is 2.44. The summed E-state index contributed by atoms with van der Waals surface area (Å²) in [7, 11) is 0. The van der Waals surface area contributed by atoms with Gasteiger partial charge in [0, 0.05) is 16.2 Å². The van der Waals surface area contributed by atoms with Crippen LogP contribution in [0.1, 0.15) is 26.9 Å². The van der Waals surface area contributed by atoms with Gasteiger partial charge in [0.25, 0.3) is 5.91 Å². The first-order chi connectivity index (χ1) is 16.3. The first-order valence-corrected chi connectivity index (χ1v) is 11.6. The molecule has 1 saturated heterocycles. The smallest absolute Gasteiger partial charge is 0.351 e. The molecule has 0 saturated carbocycles. The SMILES string of the molecule is O=C(Nc1ccn([C@@H]2O[C@H](CI)[C@@H](OC(=O)c3ccccc3)C2(F)F)c(=O)n1)c1ccccc1. The van der Waals surface area contributed by atoms with Crippen LogP contribution in [0.25, 0.3) is 0 Å². The van der Waals surface area contributed by atoms with E-state index in [0.29, 0.717) is 10.1 Å². The molecule has 1 aromatic heterocycles. The predicted octanol–water partition coefficient (Wildman–Crippen LogP) is 3.69. The lowest BCUT2D eigenvalue weighted by molar-refractivity contribution is -0.142. The molecule has 11 heteroatoms. The molecule has 0 aliphatic carbocycles. The van der Waals surface area contributed by atoms with Crippen molar-refractivity contribution in [2.24, 2.45) is 0 Å². The predicted molar refractivity (Wildman–Crippen MR) is 126 cm³/mol. The van der Waals surface area contributed by atoms with Crippen molar-refractivity contribution in [3.05, 3.63) is 94.5 Å². The summed E-state index contributed by atoms with van der Waals surface area (Å²) in [6.07, 6.45) is -4.05. The molecule has 2 heterocycles. The maximum absolute atomic E-state index is 15.3. The molecule has 3 atom stereocenters. The molecule has 1 fully saturated rings. The van der Waals surface area contributed by atoms with Gasteiger partial charge in [-0.25, -0.2) is 9.59 Å². The van der Waals surface area contributed by atoms with Crippen LogP contribution in [0.2, 0.25) is 0 Å². The summed E-state index contributed by atoms with van der Waals surface area (Å²) in [5.74, 6) is -5.26. The Balaban J connectivity index is 1.54. The third-order valence-corrected chi connectivity index (χ3v) is 5.97. The largest absolute Gasteiger partial charge is 0.449 e. The molecular formula is C23H18F2IN3O5. The van der Waals surface area contributed by atoms with E-state index in [9.17, 15) is 14.4 Å². The van der Waals surface area contributed by atoms with E-state index in [4.69, 9.17) is 9.47 Å². The lowest BCUT2D eigenvalue weighted by atomic mass is 10.1. The number of ether oxygens (including phenoxy) is 2. The van der Waals surface area contributed by atoms with E-state index in [1.54, 1.807) is 48.5 Å². The first-order valence-electron chi connectivity index (χ1n) is 10.1. The van der Waals surface area contributed by atoms with Gasteiger partial charge in [0.2, 0.25) is 6.23 Å². The number of alkyl halides is 3. The average molecular weight is 581 g/mol. The second-order valence-corrected chi connectivity index (χ2v) is 8.25. The second-order valence-electron chi connectivity index (χ2n) is 7.37. The number of nitrogens with one attached hydrogen (secondary N) is 1. The molecule has 8 nitrogen and oxygen atoms in total. The lowest BCUT2D eigenvalue weighted by Gasteiger charge is -2.24. The van der Waals surface area contributed by atoms with Gasteiger partial charge in [0.1, 0.15) is 11.9 Å². The number of amides is 1. The van der Waals surface area contributed by atoms with Crippen molar-refractivity contribution >= 4 is 40.3 Å². The number of hydrogen-bond acceptors (Lipinski definition) is 6. The van der Waals surface area contributed by atoms with Crippen LogP contribution in [0.5, 0.6) is 0 Å². The van der Waals surface area contributed by atoms with Gasteiger partial charge in [-0.05, 0) is 30.3 Å². The summed E-state index contributed by atoms with van der Waals surface area (Å²) in [5, 5.41) is 2.45. The van der Waals surface area contributed by atoms with Gasteiger partial charge in [0.05, 0.1) is 5.56 Å². The van der Waals surface area contributed by atoms with E-state index < -0.39 is 41.9 Å². The quantitative estimate of drug-likeness (QED) is 0.271. The molecule has 0 bridgehead atoms. The summed E-state index contributed by atoms with van der Waals surface area (Å²) in [4.78, 5) is 40.9. The minimum absolute atomic E-state index is 0.0873. The molecule has 1 aliphatic heterocycles. The highest BCUT2D eigenvalue weighted by atomic mass is 127. The van der Waals surface area contributed by atoms with Gasteiger partial charge < -0.3 is 14.8 Å². The number of carbonyl (C=O) groups is 2. The van der Waals surface area contributed by atoms with Gasteiger partial charge >= 0.3 is 17.6 Å². The van der Waals surface area contributed by atoms with Gasteiger partial charge in [-0.3, -0.25) is 9.36 Å². The Labute approximate surface area is 206 Å². The summed E-state index contributed by atoms with van der Waals surface area (Å²) >= 11 is 1.84. The van der Waals surface area contributed by atoms with Crippen LogP contribution in [0.4, 0.5) is 14.6 Å². The molecule has 3 aromatic rings. The number of anilines is 1. The number of rotatable bonds is 6. The van der Waals surface area contributed by atoms with E-state index >= 15 is 8.78 Å². The summed E-state index contributed by atoms with van der Waals surface area (Å²) < 4.78 is 41.9. The number of halogens is 3. The maximum Gasteiger partial charge on any atom is 0.351 e. The van der Waals surface area contributed by atoms with Crippen molar-refractivity contribution < 1.29 is 27.8 Å². The number of aromatic nitrogens is 2. The van der Waals surface area contributed by atoms with Crippen LogP contribution in [0, 0.1) is 0 Å². The average Bonchev–Trinajstić information content (AvgIpc) is 3.09. The highest BCUT2D eigenvalue weighted by Gasteiger charge is 2.62. The molecule has 1 amide bonds. The monoisotopic (exact) mass is 581 g/mol. The standard InChI is InChI=1S/C23H18F2IN3O5/c24-23(25)18(34-20(31)15-9-5-2-6-10-15)16(13-26)33-21(23)29-12-11-17(28-22(29)32)27-19(30)14-7-3-1-4-8-14/h1-12,16,18,21H,13H2,(H,27,28,30,32)/t16-,18-,21-/m1/s1. The molecule has 176 valence electrons. The fourth-order valence-electron chi connectivity index (χ4n) is 3.44. The fraction of sp³-hybridized carbons (Fsp3) is 0.217. The third-order valence-electron chi connectivity index (χ3n) is 5.11. The fourth-order valence-corrected chi connectivity index (χ4v) is 4.10. The summed E-state index contributed by atoms with van der Waals surface area (Å²) in [6, 6.07) is 17.2. The van der Waals surface area contributed by atoms with E-state index in [1.807, 2.05) is 22.6 Å². The zero-order valence-corrected chi connectivity index (χ0v) is 19.6. The molecule has 0 radical (unpaired) electrons. The van der Waals surface area contributed by atoms with E-state index in [0.717, 1.165) is 6.20 Å². The van der Waals surface area contributed by atoms with Crippen molar-refractivity contribution in [2.45, 2.75) is 24.4 Å². The molecule has 34 heavy (non-hydrogen) atoms. The normalized spacial score (nSPS) is 21.1. The van der Waals surface area contributed by atoms with Crippen molar-refractivity contribution in [3.63, 3.8) is 0 Å². The van der Waals surface area contributed by atoms with Crippen LogP contribution in [0.15, 0.2) is 77.7 Å². The zero-order chi connectivity index (χ0) is 24.3. The lowest BCUT2D eigenvalue weighted by Crippen LogP contribution is -2.44. The summed E-state index contributed by atoms with van der Waals surface area (Å²) in [6.45, 7) is 0. The number of nitrogens with zero attached hydrogens (tertiary/aromatic N) is 2. The van der Waals surface area contributed by atoms with Crippen LogP contribution in [-0.2, 0) is 9.47 Å². The molecule has 0 unspecified atom stereocenters. The van der Waals surface area contributed by atoms with E-state index in [1.165, 1.54) is 18.2 Å². The van der Waals surface area contributed by atoms with Crippen LogP contribution in [-0.4, -0.2) is 44.0 Å². The number of hydrogen-bond donors (Lipinski definition) is 1. The molecule has 0 spiro atoms. The van der Waals surface area contributed by atoms with Crippen molar-refractivity contribution in [3.8, 4) is 0 Å². The Hall–Kier alpha value is -3.19. The molecule has 1 N–H and O–H groups in total. The van der Waals surface area contributed by atoms with E-state index in [2.05, 4.69) is 10.3 Å². The molecule has 1 aliphatic rings. The van der Waals surface area contributed by atoms with Crippen LogP contribution < -0.4 is 11.0 Å². The van der Waals surface area contributed by atoms with Gasteiger partial charge in [-0.15, -0.1) is 0 Å². The topological polar surface area (TPSA) is 99.5 Å². The van der Waals surface area contributed by atoms with Gasteiger partial charge in [-0.1, -0.05) is 59.0 Å². The maximum atomic E-state index is 15.3. The van der Waals surface area contributed by atoms with Gasteiger partial charge in [-0.2, -0.15) is 13.8 Å². The zero-order valence-electron chi connectivity index (χ0n) is 17.4. The van der Waals surface area contributed by atoms with Crippen LogP contribution >= 0.6 is 22.6 Å². The van der Waals surface area contributed by atoms with Gasteiger partial charge in [0.15, 0.2) is 6.10 Å². The Morgan fingerprint density at radius 2 is 1.68 bits per heavy atom. The second kappa shape index (κ2) is 9.97. The molecule has 2 aromatic carbocycles. The van der Waals surface area contributed by atoms with Crippen molar-refractivity contribution in [1.82, 2.24) is 9.55 Å². The number of benzene rings is 2. The van der Waals surface area contributed by atoms with Crippen LogP contribution in [0.3, 0.4) is 0 Å². The minimum atomic E-state index is -3.72. The first kappa shape index (κ1) is 24.0. The van der Waals surface area contributed by atoms with E-state index in [-0.39, 0.29) is 15.8 Å². The third kappa shape index (κ3) is 4.85. The van der Waals surface area contributed by atoms with Crippen molar-refractivity contribution in [1.29, 1.82) is 0 Å². The Morgan fingerprint density at radius 1 is 1.06 bits per heavy atom. The molecular weight excluding hydrogens is 563 g/mol. The molecule has 4 rings (SSSR count). The number of esters is 1. The Kier molecular flexibility index (Phi) is 7.03. The Morgan fingerprint density at radius 3 is 2.26 bits per heavy atom.